The van der Waals surface area contributed by atoms with Crippen molar-refractivity contribution in [1.82, 2.24) is 14.8 Å². The number of likely N-dealkylation sites (tertiary alicyclic amines) is 2. The van der Waals surface area contributed by atoms with Crippen molar-refractivity contribution >= 4 is 17.4 Å². The fraction of sp³-hybridized carbons (Fsp3) is 0.478. The van der Waals surface area contributed by atoms with Crippen molar-refractivity contribution in [2.45, 2.75) is 44.0 Å². The number of piperidine rings is 2. The Hall–Kier alpha value is -2.87. The van der Waals surface area contributed by atoms with Crippen LogP contribution >= 0.6 is 0 Å². The molecule has 0 atom stereocenters. The molecule has 0 saturated carbocycles. The van der Waals surface area contributed by atoms with Gasteiger partial charge in [0.15, 0.2) is 5.67 Å². The number of amides is 1. The van der Waals surface area contributed by atoms with Crippen LogP contribution in [-0.4, -0.2) is 58.6 Å². The molecule has 1 amide bonds. The molecule has 4 rings (SSSR count). The maximum Gasteiger partial charge on any atom is 0.260 e. The summed E-state index contributed by atoms with van der Waals surface area (Å²) in [6, 6.07) is 11.0. The summed E-state index contributed by atoms with van der Waals surface area (Å²) in [5, 5.41) is 0. The van der Waals surface area contributed by atoms with Gasteiger partial charge in [0.2, 0.25) is 0 Å². The minimum absolute atomic E-state index is 0.0258. The van der Waals surface area contributed by atoms with Crippen LogP contribution in [0.4, 0.5) is 15.9 Å². The number of ether oxygens (including phenoxy) is 1. The number of hydrogen-bond donors (Lipinski definition) is 2. The van der Waals surface area contributed by atoms with E-state index in [1.165, 1.54) is 0 Å². The fourth-order valence-electron chi connectivity index (χ4n) is 4.33. The lowest BCUT2D eigenvalue weighted by atomic mass is 9.90. The minimum Gasteiger partial charge on any atom is -0.490 e. The van der Waals surface area contributed by atoms with Crippen LogP contribution in [0.25, 0.3) is 0 Å². The number of hydrogen-bond acceptors (Lipinski definition) is 6. The number of pyridine rings is 1. The molecule has 8 heteroatoms. The Labute approximate surface area is 182 Å². The first kappa shape index (κ1) is 21.4. The molecule has 166 valence electrons. The molecule has 1 aromatic heterocycles. The second kappa shape index (κ2) is 9.09. The van der Waals surface area contributed by atoms with E-state index in [0.29, 0.717) is 57.1 Å². The zero-order valence-electron chi connectivity index (χ0n) is 17.7. The second-order valence-electron chi connectivity index (χ2n) is 8.51. The molecular formula is C23H30FN5O2. The highest BCUT2D eigenvalue weighted by molar-refractivity contribution is 5.85. The van der Waals surface area contributed by atoms with Crippen molar-refractivity contribution in [3.05, 3.63) is 48.2 Å². The van der Waals surface area contributed by atoms with E-state index in [4.69, 9.17) is 16.2 Å². The number of carbonyl (C=O) groups excluding carboxylic acids is 1. The molecule has 0 aliphatic carbocycles. The average molecular weight is 428 g/mol. The SMILES string of the molecule is Nc1ccc(OC2CCN(C(=O)C3(F)CCN(Cc4ccnc(N)c4)CC3)CC2)cc1. The lowest BCUT2D eigenvalue weighted by Crippen LogP contribution is -2.54. The third-order valence-electron chi connectivity index (χ3n) is 6.20. The Morgan fingerprint density at radius 2 is 1.77 bits per heavy atom. The number of anilines is 2. The summed E-state index contributed by atoms with van der Waals surface area (Å²) in [5.41, 5.74) is 11.4. The number of aromatic nitrogens is 1. The van der Waals surface area contributed by atoms with Gasteiger partial charge in [-0.2, -0.15) is 0 Å². The van der Waals surface area contributed by atoms with Crippen molar-refractivity contribution < 1.29 is 13.9 Å². The summed E-state index contributed by atoms with van der Waals surface area (Å²) < 4.78 is 21.5. The summed E-state index contributed by atoms with van der Waals surface area (Å²) in [4.78, 5) is 20.8. The minimum atomic E-state index is -1.78. The van der Waals surface area contributed by atoms with Crippen LogP contribution in [0, 0.1) is 0 Å². The van der Waals surface area contributed by atoms with E-state index >= 15 is 4.39 Å². The van der Waals surface area contributed by atoms with Gasteiger partial charge in [-0.05, 0) is 42.0 Å². The zero-order chi connectivity index (χ0) is 21.8. The number of nitrogen functional groups attached to an aromatic ring is 2. The summed E-state index contributed by atoms with van der Waals surface area (Å²) in [6.45, 7) is 2.81. The molecular weight excluding hydrogens is 397 g/mol. The maximum atomic E-state index is 15.5. The van der Waals surface area contributed by atoms with Gasteiger partial charge < -0.3 is 21.1 Å². The topological polar surface area (TPSA) is 97.7 Å². The van der Waals surface area contributed by atoms with Gasteiger partial charge in [0.1, 0.15) is 17.7 Å². The van der Waals surface area contributed by atoms with Crippen molar-refractivity contribution in [1.29, 1.82) is 0 Å². The first-order valence-electron chi connectivity index (χ1n) is 10.8. The van der Waals surface area contributed by atoms with Gasteiger partial charge in [0.05, 0.1) is 0 Å². The highest BCUT2D eigenvalue weighted by Gasteiger charge is 2.44. The van der Waals surface area contributed by atoms with Gasteiger partial charge in [0.25, 0.3) is 5.91 Å². The number of alkyl halides is 1. The lowest BCUT2D eigenvalue weighted by molar-refractivity contribution is -0.149. The van der Waals surface area contributed by atoms with E-state index in [2.05, 4.69) is 9.88 Å². The van der Waals surface area contributed by atoms with Gasteiger partial charge in [-0.3, -0.25) is 9.69 Å². The Kier molecular flexibility index (Phi) is 6.27. The number of nitrogens with zero attached hydrogens (tertiary/aromatic N) is 3. The second-order valence-corrected chi connectivity index (χ2v) is 8.51. The summed E-state index contributed by atoms with van der Waals surface area (Å²) in [6.07, 6.45) is 3.53. The van der Waals surface area contributed by atoms with Crippen LogP contribution in [-0.2, 0) is 11.3 Å². The van der Waals surface area contributed by atoms with Crippen molar-refractivity contribution in [3.63, 3.8) is 0 Å². The maximum absolute atomic E-state index is 15.5. The van der Waals surface area contributed by atoms with Gasteiger partial charge in [0, 0.05) is 70.3 Å². The monoisotopic (exact) mass is 427 g/mol. The molecule has 2 saturated heterocycles. The smallest absolute Gasteiger partial charge is 0.260 e. The quantitative estimate of drug-likeness (QED) is 0.712. The van der Waals surface area contributed by atoms with E-state index in [9.17, 15) is 4.79 Å². The summed E-state index contributed by atoms with van der Waals surface area (Å²) in [5.74, 6) is 0.879. The molecule has 2 aromatic rings. The van der Waals surface area contributed by atoms with Gasteiger partial charge in [-0.25, -0.2) is 9.37 Å². The van der Waals surface area contributed by atoms with Crippen LogP contribution in [0.5, 0.6) is 5.75 Å². The third kappa shape index (κ3) is 5.25. The Morgan fingerprint density at radius 1 is 1.10 bits per heavy atom. The fourth-order valence-corrected chi connectivity index (χ4v) is 4.33. The molecule has 0 bridgehead atoms. The highest BCUT2D eigenvalue weighted by atomic mass is 19.1. The standard InChI is InChI=1S/C23H30FN5O2/c24-23(8-13-28(14-9-23)16-17-5-10-27-21(26)15-17)22(30)29-11-6-20(7-12-29)31-19-3-1-18(25)2-4-19/h1-5,10,15,20H,6-9,11-14,16,25H2,(H2,26,27). The summed E-state index contributed by atoms with van der Waals surface area (Å²) >= 11 is 0. The molecule has 4 N–H and O–H groups in total. The molecule has 2 fully saturated rings. The highest BCUT2D eigenvalue weighted by Crippen LogP contribution is 2.31. The summed E-state index contributed by atoms with van der Waals surface area (Å²) in [7, 11) is 0. The zero-order valence-corrected chi connectivity index (χ0v) is 17.7. The van der Waals surface area contributed by atoms with Crippen LogP contribution in [0.1, 0.15) is 31.2 Å². The third-order valence-corrected chi connectivity index (χ3v) is 6.20. The van der Waals surface area contributed by atoms with Gasteiger partial charge in [-0.15, -0.1) is 0 Å². The van der Waals surface area contributed by atoms with Crippen LogP contribution in [0.3, 0.4) is 0 Å². The molecule has 0 radical (unpaired) electrons. The Morgan fingerprint density at radius 3 is 2.42 bits per heavy atom. The average Bonchev–Trinajstić information content (AvgIpc) is 2.77. The number of nitrogens with two attached hydrogens (primary N) is 2. The van der Waals surface area contributed by atoms with E-state index in [0.717, 1.165) is 11.3 Å². The largest absolute Gasteiger partial charge is 0.490 e. The van der Waals surface area contributed by atoms with E-state index in [1.54, 1.807) is 23.2 Å². The normalized spacial score (nSPS) is 19.8. The number of benzene rings is 1. The van der Waals surface area contributed by atoms with Crippen molar-refractivity contribution in [2.24, 2.45) is 0 Å². The first-order chi connectivity index (χ1) is 14.9. The van der Waals surface area contributed by atoms with E-state index in [-0.39, 0.29) is 24.9 Å². The Bertz CT molecular complexity index is 891. The van der Waals surface area contributed by atoms with E-state index in [1.807, 2.05) is 24.3 Å². The lowest BCUT2D eigenvalue weighted by Gasteiger charge is -2.40. The van der Waals surface area contributed by atoms with Gasteiger partial charge >= 0.3 is 0 Å². The number of carbonyl (C=O) groups is 1. The van der Waals surface area contributed by atoms with Gasteiger partial charge in [-0.1, -0.05) is 0 Å². The molecule has 1 aromatic carbocycles. The van der Waals surface area contributed by atoms with Crippen molar-refractivity contribution in [3.8, 4) is 5.75 Å². The predicted octanol–water partition coefficient (Wildman–Crippen LogP) is 2.62. The Balaban J connectivity index is 1.25. The van der Waals surface area contributed by atoms with Crippen LogP contribution in [0.15, 0.2) is 42.6 Å². The molecule has 7 nitrogen and oxygen atoms in total. The van der Waals surface area contributed by atoms with Crippen LogP contribution < -0.4 is 16.2 Å². The molecule has 0 unspecified atom stereocenters. The number of rotatable bonds is 5. The number of halogens is 1. The molecule has 2 aliphatic rings. The van der Waals surface area contributed by atoms with Crippen LogP contribution in [0.2, 0.25) is 0 Å². The molecule has 0 spiro atoms. The van der Waals surface area contributed by atoms with Crippen molar-refractivity contribution in [2.75, 3.05) is 37.6 Å². The molecule has 3 heterocycles. The molecule has 2 aliphatic heterocycles. The molecule has 31 heavy (non-hydrogen) atoms. The predicted molar refractivity (Wildman–Crippen MR) is 118 cm³/mol. The first-order valence-corrected chi connectivity index (χ1v) is 10.8. The van der Waals surface area contributed by atoms with E-state index < -0.39 is 5.67 Å².